The van der Waals surface area contributed by atoms with Crippen LogP contribution in [-0.4, -0.2) is 76.2 Å². The molecule has 0 radical (unpaired) electrons. The number of hydrogen-bond acceptors (Lipinski definition) is 6. The number of hydrogen-bond donors (Lipinski definition) is 0. The summed E-state index contributed by atoms with van der Waals surface area (Å²) in [5, 5.41) is 0. The fourth-order valence-electron chi connectivity index (χ4n) is 6.34. The van der Waals surface area contributed by atoms with E-state index in [0.29, 0.717) is 26.2 Å². The van der Waals surface area contributed by atoms with Crippen molar-refractivity contribution in [2.24, 2.45) is 0 Å². The Morgan fingerprint density at radius 2 is 1.04 bits per heavy atom. The van der Waals surface area contributed by atoms with Gasteiger partial charge in [0.2, 0.25) is 0 Å². The summed E-state index contributed by atoms with van der Waals surface area (Å²) in [5.41, 5.74) is 0. The molecule has 1 heterocycles. The van der Waals surface area contributed by atoms with Crippen molar-refractivity contribution in [3.63, 3.8) is 0 Å². The molecule has 0 spiro atoms. The smallest absolute Gasteiger partial charge is 0.307 e. The molecule has 3 atom stereocenters. The van der Waals surface area contributed by atoms with Crippen LogP contribution in [0, 0.1) is 0 Å². The first-order valence-corrected chi connectivity index (χ1v) is 21.8. The summed E-state index contributed by atoms with van der Waals surface area (Å²) < 4.78 is 24.4. The van der Waals surface area contributed by atoms with Gasteiger partial charge in [-0.15, -0.1) is 0 Å². The van der Waals surface area contributed by atoms with Crippen LogP contribution in [-0.2, 0) is 23.7 Å². The molecule has 0 aromatic rings. The van der Waals surface area contributed by atoms with Crippen LogP contribution in [0.1, 0.15) is 174 Å². The summed E-state index contributed by atoms with van der Waals surface area (Å²) in [7, 11) is 3.92. The van der Waals surface area contributed by atoms with E-state index < -0.39 is 0 Å². The van der Waals surface area contributed by atoms with Crippen molar-refractivity contribution in [2.45, 2.75) is 193 Å². The Morgan fingerprint density at radius 3 is 1.52 bits per heavy atom. The van der Waals surface area contributed by atoms with Gasteiger partial charge in [-0.1, -0.05) is 140 Å². The maximum Gasteiger partial charge on any atom is 0.307 e. The molecule has 1 aliphatic rings. The molecule has 6 heteroatoms. The lowest BCUT2D eigenvalue weighted by molar-refractivity contribution is -0.150. The van der Waals surface area contributed by atoms with E-state index >= 15 is 0 Å². The minimum Gasteiger partial charge on any atom is -0.463 e. The lowest BCUT2D eigenvalue weighted by Gasteiger charge is -2.23. The Bertz CT molecular complexity index is 897. The van der Waals surface area contributed by atoms with Crippen LogP contribution in [0.3, 0.4) is 0 Å². The van der Waals surface area contributed by atoms with E-state index in [4.69, 9.17) is 18.9 Å². The zero-order valence-electron chi connectivity index (χ0n) is 34.6. The van der Waals surface area contributed by atoms with E-state index in [2.05, 4.69) is 62.5 Å². The Labute approximate surface area is 322 Å². The highest BCUT2D eigenvalue weighted by Crippen LogP contribution is 2.23. The molecule has 0 aromatic heterocycles. The second-order valence-corrected chi connectivity index (χ2v) is 15.0. The predicted molar refractivity (Wildman–Crippen MR) is 222 cm³/mol. The molecule has 1 saturated heterocycles. The first-order valence-electron chi connectivity index (χ1n) is 21.8. The lowest BCUT2D eigenvalue weighted by Crippen LogP contribution is -2.38. The lowest BCUT2D eigenvalue weighted by atomic mass is 10.1. The molecule has 0 N–H and O–H groups in total. The SMILES string of the molecule is CCCCC/C=C\C/C=C\CCCCCCCCOC1CO[C@H](COC(=O)CCN(C)C)C1OCCCCCCCC/C=C\C/C=C\CCCCC. The van der Waals surface area contributed by atoms with Gasteiger partial charge in [0.05, 0.1) is 13.0 Å². The number of allylic oxidation sites excluding steroid dienone is 8. The van der Waals surface area contributed by atoms with Crippen LogP contribution >= 0.6 is 0 Å². The van der Waals surface area contributed by atoms with Gasteiger partial charge in [-0.3, -0.25) is 4.79 Å². The second-order valence-electron chi connectivity index (χ2n) is 15.0. The molecule has 0 aromatic carbocycles. The molecule has 302 valence electrons. The van der Waals surface area contributed by atoms with Crippen molar-refractivity contribution in [1.29, 1.82) is 0 Å². The molecular formula is C46H83NO5. The van der Waals surface area contributed by atoms with Crippen LogP contribution in [0.2, 0.25) is 0 Å². The highest BCUT2D eigenvalue weighted by molar-refractivity contribution is 5.69. The zero-order valence-corrected chi connectivity index (χ0v) is 34.6. The fourth-order valence-corrected chi connectivity index (χ4v) is 6.34. The topological polar surface area (TPSA) is 57.2 Å². The quantitative estimate of drug-likeness (QED) is 0.0360. The van der Waals surface area contributed by atoms with Crippen LogP contribution in [0.5, 0.6) is 0 Å². The molecule has 6 nitrogen and oxygen atoms in total. The van der Waals surface area contributed by atoms with Crippen molar-refractivity contribution < 1.29 is 23.7 Å². The van der Waals surface area contributed by atoms with Gasteiger partial charge in [0.15, 0.2) is 0 Å². The number of nitrogens with zero attached hydrogens (tertiary/aromatic N) is 1. The summed E-state index contributed by atoms with van der Waals surface area (Å²) in [6, 6.07) is 0. The maximum atomic E-state index is 12.3. The Balaban J connectivity index is 2.22. The largest absolute Gasteiger partial charge is 0.463 e. The van der Waals surface area contributed by atoms with Gasteiger partial charge >= 0.3 is 5.97 Å². The van der Waals surface area contributed by atoms with Gasteiger partial charge in [0.1, 0.15) is 24.9 Å². The van der Waals surface area contributed by atoms with Crippen LogP contribution in [0.15, 0.2) is 48.6 Å². The third kappa shape index (κ3) is 30.7. The van der Waals surface area contributed by atoms with E-state index in [-0.39, 0.29) is 30.9 Å². The Morgan fingerprint density at radius 1 is 0.596 bits per heavy atom. The molecule has 0 saturated carbocycles. The summed E-state index contributed by atoms with van der Waals surface area (Å²) in [5.74, 6) is -0.188. The van der Waals surface area contributed by atoms with Crippen LogP contribution < -0.4 is 0 Å². The highest BCUT2D eigenvalue weighted by Gasteiger charge is 2.39. The normalized spacial score (nSPS) is 18.1. The van der Waals surface area contributed by atoms with Crippen molar-refractivity contribution in [3.05, 3.63) is 48.6 Å². The van der Waals surface area contributed by atoms with Gasteiger partial charge in [-0.05, 0) is 91.1 Å². The average Bonchev–Trinajstić information content (AvgIpc) is 3.53. The molecule has 1 fully saturated rings. The standard InChI is InChI=1S/C46H83NO5/c1-5-7-9-11-13-15-17-19-21-23-25-27-29-31-33-35-39-49-43-41-51-44(42-52-45(48)37-38-47(3)4)46(43)50-40-36-34-32-30-28-26-24-22-20-18-16-14-12-10-8-6-2/h13-16,19-22,43-44,46H,5-12,17-18,23-42H2,1-4H3/b15-13-,16-14-,21-19-,22-20-/t43?,44-,46?/m1/s1. The third-order valence-electron chi connectivity index (χ3n) is 9.71. The summed E-state index contributed by atoms with van der Waals surface area (Å²) in [6.45, 7) is 7.33. The van der Waals surface area contributed by atoms with Crippen molar-refractivity contribution in [2.75, 3.05) is 47.1 Å². The molecule has 52 heavy (non-hydrogen) atoms. The number of ether oxygens (including phenoxy) is 4. The van der Waals surface area contributed by atoms with Crippen LogP contribution in [0.25, 0.3) is 0 Å². The molecule has 0 amide bonds. The van der Waals surface area contributed by atoms with Crippen molar-refractivity contribution >= 4 is 5.97 Å². The zero-order chi connectivity index (χ0) is 37.6. The van der Waals surface area contributed by atoms with Crippen molar-refractivity contribution in [1.82, 2.24) is 4.90 Å². The number of carbonyl (C=O) groups is 1. The molecule has 2 unspecified atom stereocenters. The maximum absolute atomic E-state index is 12.3. The summed E-state index contributed by atoms with van der Waals surface area (Å²) in [4.78, 5) is 14.3. The van der Waals surface area contributed by atoms with Gasteiger partial charge in [-0.2, -0.15) is 0 Å². The van der Waals surface area contributed by atoms with Crippen molar-refractivity contribution in [3.8, 4) is 0 Å². The van der Waals surface area contributed by atoms with E-state index in [9.17, 15) is 4.79 Å². The molecular weight excluding hydrogens is 647 g/mol. The Kier molecular flexibility index (Phi) is 34.9. The summed E-state index contributed by atoms with van der Waals surface area (Å²) >= 11 is 0. The highest BCUT2D eigenvalue weighted by atomic mass is 16.6. The monoisotopic (exact) mass is 730 g/mol. The number of unbranched alkanes of at least 4 members (excludes halogenated alkanes) is 18. The number of esters is 1. The van der Waals surface area contributed by atoms with E-state index in [0.717, 1.165) is 32.3 Å². The first-order chi connectivity index (χ1) is 25.6. The van der Waals surface area contributed by atoms with Gasteiger partial charge in [0, 0.05) is 19.8 Å². The van der Waals surface area contributed by atoms with E-state index in [1.807, 2.05) is 19.0 Å². The number of carbonyl (C=O) groups excluding carboxylic acids is 1. The molecule has 1 rings (SSSR count). The van der Waals surface area contributed by atoms with E-state index in [1.165, 1.54) is 128 Å². The molecule has 1 aliphatic heterocycles. The first kappa shape index (κ1) is 48.3. The van der Waals surface area contributed by atoms with Crippen LogP contribution in [0.4, 0.5) is 0 Å². The fraction of sp³-hybridized carbons (Fsp3) is 0.804. The predicted octanol–water partition coefficient (Wildman–Crippen LogP) is 12.3. The number of rotatable bonds is 37. The third-order valence-corrected chi connectivity index (χ3v) is 9.71. The minimum absolute atomic E-state index is 0.104. The van der Waals surface area contributed by atoms with E-state index in [1.54, 1.807) is 0 Å². The minimum atomic E-state index is -0.270. The van der Waals surface area contributed by atoms with Gasteiger partial charge in [-0.25, -0.2) is 0 Å². The Hall–Kier alpha value is -1.73. The summed E-state index contributed by atoms with van der Waals surface area (Å²) in [6.07, 6.45) is 48.0. The van der Waals surface area contributed by atoms with Gasteiger partial charge < -0.3 is 23.8 Å². The molecule has 0 aliphatic carbocycles. The average molecular weight is 730 g/mol. The molecule has 0 bridgehead atoms. The second kappa shape index (κ2) is 37.6. The van der Waals surface area contributed by atoms with Gasteiger partial charge in [0.25, 0.3) is 0 Å².